The number of rotatable bonds is 6. The number of carboxylic acids is 1. The third-order valence-electron chi connectivity index (χ3n) is 4.25. The fourth-order valence-electron chi connectivity index (χ4n) is 3.09. The van der Waals surface area contributed by atoms with Crippen LogP contribution in [0.2, 0.25) is 0 Å². The second-order valence-electron chi connectivity index (χ2n) is 6.09. The van der Waals surface area contributed by atoms with Crippen LogP contribution in [0.25, 0.3) is 0 Å². The van der Waals surface area contributed by atoms with Gasteiger partial charge in [-0.3, -0.25) is 0 Å². The van der Waals surface area contributed by atoms with Crippen LogP contribution >= 0.6 is 0 Å². The maximum absolute atomic E-state index is 12.3. The summed E-state index contributed by atoms with van der Waals surface area (Å²) in [7, 11) is -3.50. The number of hydrogen-bond donors (Lipinski definition) is 1. The van der Waals surface area contributed by atoms with E-state index < -0.39 is 16.0 Å². The number of hydrogen-bond acceptors (Lipinski definition) is 4. The second kappa shape index (κ2) is 8.47. The van der Waals surface area contributed by atoms with E-state index in [0.717, 1.165) is 29.5 Å². The van der Waals surface area contributed by atoms with Crippen molar-refractivity contribution in [2.75, 3.05) is 6.54 Å². The maximum atomic E-state index is 12.3. The summed E-state index contributed by atoms with van der Waals surface area (Å²) in [6.45, 7) is 0.363. The molecule has 0 saturated heterocycles. The van der Waals surface area contributed by atoms with E-state index in [0.29, 0.717) is 6.54 Å². The summed E-state index contributed by atoms with van der Waals surface area (Å²) in [5.74, 6) is -0.920. The maximum Gasteiger partial charge on any atom is 1.00 e. The largest absolute Gasteiger partial charge is 1.00 e. The second-order valence-corrected chi connectivity index (χ2v) is 7.86. The monoisotopic (exact) mass is 367 g/mol. The van der Waals surface area contributed by atoms with E-state index in [1.54, 1.807) is 36.4 Å². The first-order valence-electron chi connectivity index (χ1n) is 7.79. The van der Waals surface area contributed by atoms with Gasteiger partial charge in [0.1, 0.15) is 0 Å². The van der Waals surface area contributed by atoms with Crippen LogP contribution in [0.15, 0.2) is 53.4 Å². The first-order chi connectivity index (χ1) is 11.4. The summed E-state index contributed by atoms with van der Waals surface area (Å²) in [5.41, 5.74) is 2.97. The quantitative estimate of drug-likeness (QED) is 0.581. The topological polar surface area (TPSA) is 86.3 Å². The van der Waals surface area contributed by atoms with Crippen molar-refractivity contribution in [2.24, 2.45) is 5.92 Å². The number of carbonyl (C=O) groups excluding carboxylic acids is 1. The van der Waals surface area contributed by atoms with E-state index in [1.807, 2.05) is 12.1 Å². The Balaban J connectivity index is 0.00000225. The molecule has 1 N–H and O–H groups in total. The van der Waals surface area contributed by atoms with E-state index in [-0.39, 0.29) is 46.8 Å². The van der Waals surface area contributed by atoms with E-state index in [1.165, 1.54) is 0 Å². The zero-order valence-corrected chi connectivity index (χ0v) is 16.9. The summed E-state index contributed by atoms with van der Waals surface area (Å²) in [6.07, 6.45) is 1.43. The van der Waals surface area contributed by atoms with Crippen LogP contribution < -0.4 is 39.4 Å². The fourth-order valence-corrected chi connectivity index (χ4v) is 4.23. The van der Waals surface area contributed by atoms with Crippen LogP contribution in [0.4, 0.5) is 0 Å². The zero-order valence-electron chi connectivity index (χ0n) is 14.1. The van der Waals surface area contributed by atoms with E-state index >= 15 is 0 Å². The normalized spacial score (nSPS) is 16.1. The Kier molecular flexibility index (Phi) is 6.82. The van der Waals surface area contributed by atoms with Crippen LogP contribution in [0, 0.1) is 5.92 Å². The molecular weight excluding hydrogens is 349 g/mol. The zero-order chi connectivity index (χ0) is 17.2. The molecule has 0 spiro atoms. The predicted octanol–water partition coefficient (Wildman–Crippen LogP) is -2.32. The summed E-state index contributed by atoms with van der Waals surface area (Å²) < 4.78 is 27.2. The third kappa shape index (κ3) is 5.15. The van der Waals surface area contributed by atoms with Crippen molar-refractivity contribution >= 4 is 16.0 Å². The fraction of sp³-hybridized carbons (Fsp3) is 0.278. The molecule has 0 aromatic heterocycles. The van der Waals surface area contributed by atoms with E-state index in [2.05, 4.69) is 4.72 Å². The van der Waals surface area contributed by atoms with Crippen molar-refractivity contribution in [1.82, 2.24) is 4.72 Å². The third-order valence-corrected chi connectivity index (χ3v) is 5.69. The minimum Gasteiger partial charge on any atom is -0.550 e. The minimum absolute atomic E-state index is 0. The number of nitrogens with one attached hydrogen (secondary N) is 1. The van der Waals surface area contributed by atoms with E-state index in [4.69, 9.17) is 0 Å². The standard InChI is InChI=1S/C18H19NO4S.Na/c20-18(21)11-13-6-7-15-9-14(10-16(15)8-13)12-19-24(22,23)17-4-2-1-3-5-17;/h1-8,14,19H,9-12H2,(H,20,21);/q;+1/p-1. The Labute approximate surface area is 169 Å². The van der Waals surface area contributed by atoms with Crippen LogP contribution in [0.3, 0.4) is 0 Å². The van der Waals surface area contributed by atoms with Gasteiger partial charge in [-0.25, -0.2) is 13.1 Å². The molecule has 126 valence electrons. The molecule has 1 aliphatic carbocycles. The molecule has 5 nitrogen and oxygen atoms in total. The average Bonchev–Trinajstić information content (AvgIpc) is 2.95. The molecule has 0 aliphatic heterocycles. The molecule has 3 rings (SSSR count). The molecule has 1 aliphatic rings. The molecule has 1 unspecified atom stereocenters. The molecule has 7 heteroatoms. The molecule has 0 amide bonds. The number of carboxylic acid groups (broad SMARTS) is 1. The van der Waals surface area contributed by atoms with Crippen molar-refractivity contribution in [2.45, 2.75) is 24.2 Å². The molecule has 0 radical (unpaired) electrons. The van der Waals surface area contributed by atoms with Gasteiger partial charge in [-0.05, 0) is 47.6 Å². The van der Waals surface area contributed by atoms with Gasteiger partial charge in [-0.2, -0.15) is 0 Å². The van der Waals surface area contributed by atoms with Crippen molar-refractivity contribution in [1.29, 1.82) is 0 Å². The summed E-state index contributed by atoms with van der Waals surface area (Å²) in [5, 5.41) is 10.7. The average molecular weight is 367 g/mol. The Morgan fingerprint density at radius 3 is 2.44 bits per heavy atom. The van der Waals surface area contributed by atoms with Crippen molar-refractivity contribution < 1.29 is 47.9 Å². The molecule has 2 aromatic carbocycles. The number of carbonyl (C=O) groups is 1. The van der Waals surface area contributed by atoms with Crippen LogP contribution in [0.1, 0.15) is 16.7 Å². The van der Waals surface area contributed by atoms with Gasteiger partial charge in [-0.1, -0.05) is 36.4 Å². The van der Waals surface area contributed by atoms with Crippen LogP contribution in [-0.4, -0.2) is 20.9 Å². The van der Waals surface area contributed by atoms with Gasteiger partial charge in [0.15, 0.2) is 0 Å². The summed E-state index contributed by atoms with van der Waals surface area (Å²) >= 11 is 0. The molecular formula is C18H18NNaO4S. The number of aliphatic carboxylic acids is 1. The summed E-state index contributed by atoms with van der Waals surface area (Å²) in [4.78, 5) is 11.0. The van der Waals surface area contributed by atoms with Gasteiger partial charge >= 0.3 is 29.6 Å². The van der Waals surface area contributed by atoms with Gasteiger partial charge in [-0.15, -0.1) is 0 Å². The Morgan fingerprint density at radius 1 is 1.08 bits per heavy atom. The molecule has 0 heterocycles. The number of fused-ring (bicyclic) bond motifs is 1. The number of benzene rings is 2. The van der Waals surface area contributed by atoms with Gasteiger partial charge in [0.05, 0.1) is 4.90 Å². The molecule has 0 saturated carbocycles. The smallest absolute Gasteiger partial charge is 0.550 e. The first kappa shape index (κ1) is 20.1. The SMILES string of the molecule is O=C([O-])Cc1ccc2c(c1)CC(CNS(=O)(=O)c1ccccc1)C2.[Na+]. The van der Waals surface area contributed by atoms with Gasteiger partial charge < -0.3 is 9.90 Å². The molecule has 0 fully saturated rings. The molecule has 0 bridgehead atoms. The summed E-state index contributed by atoms with van der Waals surface area (Å²) in [6, 6.07) is 13.9. The predicted molar refractivity (Wildman–Crippen MR) is 87.7 cm³/mol. The van der Waals surface area contributed by atoms with Crippen molar-refractivity contribution in [3.05, 3.63) is 65.2 Å². The van der Waals surface area contributed by atoms with Crippen LogP contribution in [-0.2, 0) is 34.1 Å². The number of sulfonamides is 1. The van der Waals surface area contributed by atoms with Crippen LogP contribution in [0.5, 0.6) is 0 Å². The first-order valence-corrected chi connectivity index (χ1v) is 9.27. The van der Waals surface area contributed by atoms with Crippen molar-refractivity contribution in [3.8, 4) is 0 Å². The van der Waals surface area contributed by atoms with Gasteiger partial charge in [0.25, 0.3) is 0 Å². The van der Waals surface area contributed by atoms with Gasteiger partial charge in [0, 0.05) is 18.9 Å². The molecule has 25 heavy (non-hydrogen) atoms. The molecule has 1 atom stereocenters. The van der Waals surface area contributed by atoms with Gasteiger partial charge in [0.2, 0.25) is 10.0 Å². The molecule has 2 aromatic rings. The Hall–Kier alpha value is -1.18. The van der Waals surface area contributed by atoms with Crippen molar-refractivity contribution in [3.63, 3.8) is 0 Å². The Bertz CT molecular complexity index is 853. The Morgan fingerprint density at radius 2 is 1.76 bits per heavy atom. The van der Waals surface area contributed by atoms with E-state index in [9.17, 15) is 18.3 Å². The minimum atomic E-state index is -3.50.